The van der Waals surface area contributed by atoms with Gasteiger partial charge in [0.15, 0.2) is 5.78 Å². The van der Waals surface area contributed by atoms with Gasteiger partial charge in [0.05, 0.1) is 0 Å². The van der Waals surface area contributed by atoms with Crippen LogP contribution in [0.25, 0.3) is 0 Å². The molecule has 0 heterocycles. The van der Waals surface area contributed by atoms with Gasteiger partial charge in [0.1, 0.15) is 0 Å². The third-order valence-corrected chi connectivity index (χ3v) is 4.05. The Bertz CT molecular complexity index is 669. The maximum absolute atomic E-state index is 12.7. The minimum Gasteiger partial charge on any atom is -0.337 e. The van der Waals surface area contributed by atoms with Crippen LogP contribution >= 0.6 is 0 Å². The molecule has 0 unspecified atom stereocenters. The van der Waals surface area contributed by atoms with Gasteiger partial charge in [-0.3, -0.25) is 9.59 Å². The quantitative estimate of drug-likeness (QED) is 0.659. The number of hydrogen-bond donors (Lipinski definition) is 0. The van der Waals surface area contributed by atoms with Gasteiger partial charge in [-0.1, -0.05) is 60.7 Å². The lowest BCUT2D eigenvalue weighted by Gasteiger charge is -2.24. The molecule has 0 atom stereocenters. The van der Waals surface area contributed by atoms with Crippen molar-refractivity contribution in [3.63, 3.8) is 0 Å². The zero-order valence-corrected chi connectivity index (χ0v) is 15.0. The largest absolute Gasteiger partial charge is 0.337 e. The fourth-order valence-electron chi connectivity index (χ4n) is 2.56. The van der Waals surface area contributed by atoms with E-state index in [1.54, 1.807) is 12.1 Å². The summed E-state index contributed by atoms with van der Waals surface area (Å²) in [7, 11) is 3.98. The van der Waals surface area contributed by atoms with E-state index in [0.29, 0.717) is 18.7 Å². The van der Waals surface area contributed by atoms with E-state index in [-0.39, 0.29) is 24.5 Å². The highest BCUT2D eigenvalue weighted by Gasteiger charge is 2.16. The van der Waals surface area contributed by atoms with Crippen LogP contribution in [0.1, 0.15) is 28.8 Å². The number of rotatable bonds is 9. The van der Waals surface area contributed by atoms with Gasteiger partial charge in [-0.15, -0.1) is 0 Å². The van der Waals surface area contributed by atoms with E-state index >= 15 is 0 Å². The van der Waals surface area contributed by atoms with Crippen molar-refractivity contribution in [2.45, 2.75) is 19.4 Å². The highest BCUT2D eigenvalue weighted by Crippen LogP contribution is 2.10. The summed E-state index contributed by atoms with van der Waals surface area (Å²) in [6.45, 7) is 2.03. The van der Waals surface area contributed by atoms with Crippen LogP contribution in [0, 0.1) is 0 Å². The van der Waals surface area contributed by atoms with Crippen molar-refractivity contribution in [3.05, 3.63) is 71.8 Å². The zero-order chi connectivity index (χ0) is 18.1. The van der Waals surface area contributed by atoms with Gasteiger partial charge in [-0.2, -0.15) is 0 Å². The van der Waals surface area contributed by atoms with Crippen molar-refractivity contribution in [1.29, 1.82) is 0 Å². The summed E-state index contributed by atoms with van der Waals surface area (Å²) in [6, 6.07) is 19.1. The summed E-state index contributed by atoms with van der Waals surface area (Å²) in [5.74, 6) is 0.0382. The molecule has 132 valence electrons. The number of amides is 1. The predicted molar refractivity (Wildman–Crippen MR) is 100 cm³/mol. The molecular formula is C21H26N2O2. The molecule has 1 amide bonds. The van der Waals surface area contributed by atoms with Crippen molar-refractivity contribution < 1.29 is 9.59 Å². The van der Waals surface area contributed by atoms with Crippen molar-refractivity contribution >= 4 is 11.7 Å². The summed E-state index contributed by atoms with van der Waals surface area (Å²) >= 11 is 0. The molecule has 0 spiro atoms. The number of ketones is 1. The Morgan fingerprint density at radius 2 is 1.40 bits per heavy atom. The van der Waals surface area contributed by atoms with Gasteiger partial charge in [0, 0.05) is 38.0 Å². The molecule has 0 radical (unpaired) electrons. The molecule has 0 N–H and O–H groups in total. The minimum atomic E-state index is 0.0150. The second-order valence-corrected chi connectivity index (χ2v) is 6.39. The first-order valence-electron chi connectivity index (χ1n) is 8.61. The van der Waals surface area contributed by atoms with Gasteiger partial charge >= 0.3 is 0 Å². The Morgan fingerprint density at radius 3 is 2.00 bits per heavy atom. The van der Waals surface area contributed by atoms with Gasteiger partial charge in [-0.05, 0) is 19.7 Å². The molecule has 0 bridgehead atoms. The molecule has 0 aromatic heterocycles. The summed E-state index contributed by atoms with van der Waals surface area (Å²) < 4.78 is 0. The van der Waals surface area contributed by atoms with E-state index in [0.717, 1.165) is 12.1 Å². The summed E-state index contributed by atoms with van der Waals surface area (Å²) in [6.07, 6.45) is 0.490. The fourth-order valence-corrected chi connectivity index (χ4v) is 2.56. The van der Waals surface area contributed by atoms with Crippen LogP contribution in [0.3, 0.4) is 0 Å². The molecule has 0 aliphatic heterocycles. The van der Waals surface area contributed by atoms with Crippen molar-refractivity contribution in [3.8, 4) is 0 Å². The van der Waals surface area contributed by atoms with Gasteiger partial charge in [-0.25, -0.2) is 0 Å². The maximum atomic E-state index is 12.7. The summed E-state index contributed by atoms with van der Waals surface area (Å²) in [5, 5.41) is 0. The van der Waals surface area contributed by atoms with E-state index in [1.807, 2.05) is 67.5 Å². The molecule has 25 heavy (non-hydrogen) atoms. The molecule has 0 saturated heterocycles. The van der Waals surface area contributed by atoms with E-state index < -0.39 is 0 Å². The van der Waals surface area contributed by atoms with E-state index in [2.05, 4.69) is 4.90 Å². The lowest BCUT2D eigenvalue weighted by Crippen LogP contribution is -2.36. The first-order valence-corrected chi connectivity index (χ1v) is 8.61. The third-order valence-electron chi connectivity index (χ3n) is 4.05. The average Bonchev–Trinajstić information content (AvgIpc) is 2.64. The first kappa shape index (κ1) is 18.9. The zero-order valence-electron chi connectivity index (χ0n) is 15.0. The molecule has 2 rings (SSSR count). The van der Waals surface area contributed by atoms with Crippen LogP contribution in [0.15, 0.2) is 60.7 Å². The molecule has 2 aromatic rings. The monoisotopic (exact) mass is 338 g/mol. The Morgan fingerprint density at radius 1 is 0.800 bits per heavy atom. The molecule has 0 aliphatic carbocycles. The second kappa shape index (κ2) is 9.74. The summed E-state index contributed by atoms with van der Waals surface area (Å²) in [4.78, 5) is 28.8. The van der Waals surface area contributed by atoms with Crippen LogP contribution in [-0.2, 0) is 11.3 Å². The van der Waals surface area contributed by atoms with E-state index in [4.69, 9.17) is 0 Å². The first-order chi connectivity index (χ1) is 12.1. The lowest BCUT2D eigenvalue weighted by molar-refractivity contribution is -0.131. The van der Waals surface area contributed by atoms with Crippen LogP contribution in [0.4, 0.5) is 0 Å². The number of hydrogen-bond acceptors (Lipinski definition) is 3. The second-order valence-electron chi connectivity index (χ2n) is 6.39. The van der Waals surface area contributed by atoms with Crippen LogP contribution in [0.2, 0.25) is 0 Å². The number of carbonyl (C=O) groups excluding carboxylic acids is 2. The van der Waals surface area contributed by atoms with E-state index in [9.17, 15) is 9.59 Å². The van der Waals surface area contributed by atoms with Gasteiger partial charge in [0.2, 0.25) is 5.91 Å². The molecule has 0 aliphatic rings. The SMILES string of the molecule is CN(C)CCN(Cc1ccccc1)C(=O)CCC(=O)c1ccccc1. The highest BCUT2D eigenvalue weighted by molar-refractivity contribution is 5.97. The lowest BCUT2D eigenvalue weighted by atomic mass is 10.1. The average molecular weight is 338 g/mol. The Kier molecular flexibility index (Phi) is 7.36. The number of carbonyl (C=O) groups is 2. The van der Waals surface area contributed by atoms with Gasteiger partial charge < -0.3 is 9.80 Å². The van der Waals surface area contributed by atoms with Crippen LogP contribution in [-0.4, -0.2) is 48.7 Å². The van der Waals surface area contributed by atoms with Crippen LogP contribution < -0.4 is 0 Å². The fraction of sp³-hybridized carbons (Fsp3) is 0.333. The minimum absolute atomic E-state index is 0.0150. The molecule has 0 saturated carbocycles. The molecular weight excluding hydrogens is 312 g/mol. The Labute approximate surface area is 150 Å². The molecule has 4 heteroatoms. The molecule has 4 nitrogen and oxygen atoms in total. The standard InChI is InChI=1S/C21H26N2O2/c1-22(2)15-16-23(17-18-9-5-3-6-10-18)21(25)14-13-20(24)19-11-7-4-8-12-19/h3-12H,13-17H2,1-2H3. The normalized spacial score (nSPS) is 10.7. The highest BCUT2D eigenvalue weighted by atomic mass is 16.2. The Hall–Kier alpha value is -2.46. The molecule has 0 fully saturated rings. The molecule has 2 aromatic carbocycles. The van der Waals surface area contributed by atoms with Crippen LogP contribution in [0.5, 0.6) is 0 Å². The number of likely N-dealkylation sites (N-methyl/N-ethyl adjacent to an activating group) is 1. The van der Waals surface area contributed by atoms with Gasteiger partial charge in [0.25, 0.3) is 0 Å². The predicted octanol–water partition coefficient (Wildman–Crippen LogP) is 3.24. The van der Waals surface area contributed by atoms with Crippen molar-refractivity contribution in [1.82, 2.24) is 9.80 Å². The number of benzene rings is 2. The van der Waals surface area contributed by atoms with E-state index in [1.165, 1.54) is 0 Å². The smallest absolute Gasteiger partial charge is 0.223 e. The number of nitrogens with zero attached hydrogens (tertiary/aromatic N) is 2. The van der Waals surface area contributed by atoms with Crippen molar-refractivity contribution in [2.75, 3.05) is 27.2 Å². The Balaban J connectivity index is 1.95. The third kappa shape index (κ3) is 6.51. The summed E-state index contributed by atoms with van der Waals surface area (Å²) in [5.41, 5.74) is 1.77. The van der Waals surface area contributed by atoms with Crippen molar-refractivity contribution in [2.24, 2.45) is 0 Å². The number of Topliss-reactive ketones (excluding diaryl/α,β-unsaturated/α-hetero) is 1. The maximum Gasteiger partial charge on any atom is 0.223 e. The topological polar surface area (TPSA) is 40.6 Å².